The second-order valence-corrected chi connectivity index (χ2v) is 5.11. The molecule has 0 saturated heterocycles. The Labute approximate surface area is 113 Å². The maximum absolute atomic E-state index is 5.51. The number of rotatable bonds is 7. The van der Waals surface area contributed by atoms with Crippen LogP contribution in [0.5, 0.6) is 0 Å². The lowest BCUT2D eigenvalue weighted by molar-refractivity contribution is 0.141. The van der Waals surface area contributed by atoms with Gasteiger partial charge < -0.3 is 10.1 Å². The maximum Gasteiger partial charge on any atom is 0.0639 e. The van der Waals surface area contributed by atoms with Gasteiger partial charge in [0.2, 0.25) is 0 Å². The SMILES string of the molecule is CCCCOCCNc1cc(C)c(Br)c(C)c1. The van der Waals surface area contributed by atoms with Crippen molar-refractivity contribution in [2.75, 3.05) is 25.1 Å². The van der Waals surface area contributed by atoms with Crippen LogP contribution in [-0.4, -0.2) is 19.8 Å². The fraction of sp³-hybridized carbons (Fsp3) is 0.571. The Balaban J connectivity index is 2.32. The smallest absolute Gasteiger partial charge is 0.0639 e. The highest BCUT2D eigenvalue weighted by molar-refractivity contribution is 9.10. The average Bonchev–Trinajstić information content (AvgIpc) is 2.30. The lowest BCUT2D eigenvalue weighted by Crippen LogP contribution is -2.10. The quantitative estimate of drug-likeness (QED) is 0.758. The van der Waals surface area contributed by atoms with Crippen molar-refractivity contribution in [1.82, 2.24) is 0 Å². The van der Waals surface area contributed by atoms with Crippen LogP contribution >= 0.6 is 15.9 Å². The van der Waals surface area contributed by atoms with Gasteiger partial charge in [-0.25, -0.2) is 0 Å². The molecule has 1 N–H and O–H groups in total. The summed E-state index contributed by atoms with van der Waals surface area (Å²) in [5, 5.41) is 3.38. The number of ether oxygens (including phenoxy) is 1. The average molecular weight is 300 g/mol. The number of hydrogen-bond donors (Lipinski definition) is 1. The predicted octanol–water partition coefficient (Wildman–Crippen LogP) is 4.29. The molecule has 0 bridgehead atoms. The molecule has 0 atom stereocenters. The summed E-state index contributed by atoms with van der Waals surface area (Å²) in [6, 6.07) is 4.31. The Hall–Kier alpha value is -0.540. The van der Waals surface area contributed by atoms with Crippen molar-refractivity contribution in [1.29, 1.82) is 0 Å². The van der Waals surface area contributed by atoms with Crippen LogP contribution in [0.3, 0.4) is 0 Å². The van der Waals surface area contributed by atoms with Crippen molar-refractivity contribution in [2.24, 2.45) is 0 Å². The first kappa shape index (κ1) is 14.5. The first-order valence-corrected chi connectivity index (χ1v) is 7.02. The highest BCUT2D eigenvalue weighted by Crippen LogP contribution is 2.24. The molecule has 1 aromatic rings. The van der Waals surface area contributed by atoms with Crippen molar-refractivity contribution in [3.63, 3.8) is 0 Å². The Kier molecular flexibility index (Phi) is 6.60. The number of halogens is 1. The van der Waals surface area contributed by atoms with Crippen LogP contribution in [0.2, 0.25) is 0 Å². The first-order valence-electron chi connectivity index (χ1n) is 6.23. The van der Waals surface area contributed by atoms with Gasteiger partial charge in [0.05, 0.1) is 6.61 Å². The standard InChI is InChI=1S/C14H22BrNO/c1-4-5-7-17-8-6-16-13-9-11(2)14(15)12(3)10-13/h9-10,16H,4-8H2,1-3H3. The summed E-state index contributed by atoms with van der Waals surface area (Å²) in [6.07, 6.45) is 2.34. The molecule has 0 unspecified atom stereocenters. The van der Waals surface area contributed by atoms with E-state index in [0.29, 0.717) is 0 Å². The van der Waals surface area contributed by atoms with E-state index in [-0.39, 0.29) is 0 Å². The minimum Gasteiger partial charge on any atom is -0.383 e. The Morgan fingerprint density at radius 3 is 2.41 bits per heavy atom. The molecule has 0 aromatic heterocycles. The zero-order valence-electron chi connectivity index (χ0n) is 11.0. The second kappa shape index (κ2) is 7.72. The molecule has 96 valence electrons. The van der Waals surface area contributed by atoms with Crippen LogP contribution in [0.15, 0.2) is 16.6 Å². The molecule has 0 aliphatic heterocycles. The Morgan fingerprint density at radius 2 is 1.82 bits per heavy atom. The van der Waals surface area contributed by atoms with Gasteiger partial charge in [0.25, 0.3) is 0 Å². The summed E-state index contributed by atoms with van der Waals surface area (Å²) in [5.74, 6) is 0. The van der Waals surface area contributed by atoms with E-state index in [1.807, 2.05) is 0 Å². The first-order chi connectivity index (χ1) is 8.15. The summed E-state index contributed by atoms with van der Waals surface area (Å²) in [6.45, 7) is 8.91. The van der Waals surface area contributed by atoms with Gasteiger partial charge in [0.1, 0.15) is 0 Å². The maximum atomic E-state index is 5.51. The molecule has 1 rings (SSSR count). The van der Waals surface area contributed by atoms with Crippen molar-refractivity contribution in [2.45, 2.75) is 33.6 Å². The third-order valence-corrected chi connectivity index (χ3v) is 3.91. The molecule has 1 aromatic carbocycles. The van der Waals surface area contributed by atoms with Crippen molar-refractivity contribution >= 4 is 21.6 Å². The third-order valence-electron chi connectivity index (χ3n) is 2.65. The minimum absolute atomic E-state index is 0.772. The molecule has 0 radical (unpaired) electrons. The van der Waals surface area contributed by atoms with Gasteiger partial charge in [-0.2, -0.15) is 0 Å². The van der Waals surface area contributed by atoms with Gasteiger partial charge in [-0.15, -0.1) is 0 Å². The van der Waals surface area contributed by atoms with Crippen molar-refractivity contribution < 1.29 is 4.74 Å². The van der Waals surface area contributed by atoms with E-state index in [2.05, 4.69) is 54.2 Å². The monoisotopic (exact) mass is 299 g/mol. The van der Waals surface area contributed by atoms with Gasteiger partial charge in [-0.05, 0) is 43.5 Å². The number of anilines is 1. The van der Waals surface area contributed by atoms with Gasteiger partial charge in [0.15, 0.2) is 0 Å². The molecular weight excluding hydrogens is 278 g/mol. The van der Waals surface area contributed by atoms with Crippen LogP contribution in [0.4, 0.5) is 5.69 Å². The molecule has 0 aliphatic rings. The molecule has 0 saturated carbocycles. The van der Waals surface area contributed by atoms with Gasteiger partial charge in [-0.3, -0.25) is 0 Å². The summed E-state index contributed by atoms with van der Waals surface area (Å²) >= 11 is 3.57. The van der Waals surface area contributed by atoms with E-state index < -0.39 is 0 Å². The van der Waals surface area contributed by atoms with Crippen LogP contribution in [0, 0.1) is 13.8 Å². The number of nitrogens with one attached hydrogen (secondary N) is 1. The third kappa shape index (κ3) is 5.09. The summed E-state index contributed by atoms with van der Waals surface area (Å²) in [7, 11) is 0. The highest BCUT2D eigenvalue weighted by atomic mass is 79.9. The Morgan fingerprint density at radius 1 is 1.18 bits per heavy atom. The second-order valence-electron chi connectivity index (χ2n) is 4.32. The van der Waals surface area contributed by atoms with E-state index in [4.69, 9.17) is 4.74 Å². The number of aryl methyl sites for hydroxylation is 2. The molecule has 17 heavy (non-hydrogen) atoms. The summed E-state index contributed by atoms with van der Waals surface area (Å²) in [4.78, 5) is 0. The zero-order valence-corrected chi connectivity index (χ0v) is 12.6. The summed E-state index contributed by atoms with van der Waals surface area (Å²) < 4.78 is 6.70. The van der Waals surface area contributed by atoms with Crippen LogP contribution < -0.4 is 5.32 Å². The molecule has 2 nitrogen and oxygen atoms in total. The largest absolute Gasteiger partial charge is 0.383 e. The molecule has 0 amide bonds. The van der Waals surface area contributed by atoms with Gasteiger partial charge in [0, 0.05) is 23.3 Å². The van der Waals surface area contributed by atoms with E-state index in [0.717, 1.165) is 26.2 Å². The van der Waals surface area contributed by atoms with Crippen molar-refractivity contribution in [3.05, 3.63) is 27.7 Å². The van der Waals surface area contributed by atoms with Crippen LogP contribution in [0.25, 0.3) is 0 Å². The number of unbranched alkanes of at least 4 members (excludes halogenated alkanes) is 1. The fourth-order valence-electron chi connectivity index (χ4n) is 1.66. The predicted molar refractivity (Wildman–Crippen MR) is 77.8 cm³/mol. The number of benzene rings is 1. The highest BCUT2D eigenvalue weighted by Gasteiger charge is 2.01. The van der Waals surface area contributed by atoms with Crippen LogP contribution in [0.1, 0.15) is 30.9 Å². The molecular formula is C14H22BrNO. The van der Waals surface area contributed by atoms with E-state index in [9.17, 15) is 0 Å². The summed E-state index contributed by atoms with van der Waals surface area (Å²) in [5.41, 5.74) is 3.70. The van der Waals surface area contributed by atoms with E-state index in [1.165, 1.54) is 27.7 Å². The van der Waals surface area contributed by atoms with Crippen LogP contribution in [-0.2, 0) is 4.74 Å². The number of hydrogen-bond acceptors (Lipinski definition) is 2. The van der Waals surface area contributed by atoms with E-state index >= 15 is 0 Å². The lowest BCUT2D eigenvalue weighted by atomic mass is 10.1. The topological polar surface area (TPSA) is 21.3 Å². The van der Waals surface area contributed by atoms with E-state index in [1.54, 1.807) is 0 Å². The normalized spacial score (nSPS) is 10.6. The molecule has 0 heterocycles. The van der Waals surface area contributed by atoms with Gasteiger partial charge in [-0.1, -0.05) is 29.3 Å². The zero-order chi connectivity index (χ0) is 12.7. The van der Waals surface area contributed by atoms with Gasteiger partial charge >= 0.3 is 0 Å². The molecule has 0 fully saturated rings. The molecule has 0 aliphatic carbocycles. The lowest BCUT2D eigenvalue weighted by Gasteiger charge is -2.10. The molecule has 0 spiro atoms. The molecule has 3 heteroatoms. The minimum atomic E-state index is 0.772. The van der Waals surface area contributed by atoms with Crippen molar-refractivity contribution in [3.8, 4) is 0 Å². The fourth-order valence-corrected chi connectivity index (χ4v) is 1.89. The Bertz CT molecular complexity index is 329.